The number of aliphatic hydroxyl groups is 1. The number of rotatable bonds is 4. The smallest absolute Gasteiger partial charge is 0.417 e. The number of aliphatic hydroxyl groups excluding tert-OH is 1. The molecule has 1 aliphatic heterocycles. The summed E-state index contributed by atoms with van der Waals surface area (Å²) in [7, 11) is 0. The van der Waals surface area contributed by atoms with Gasteiger partial charge in [-0.1, -0.05) is 23.7 Å². The van der Waals surface area contributed by atoms with E-state index in [0.29, 0.717) is 16.7 Å². The van der Waals surface area contributed by atoms with Crippen LogP contribution in [0.1, 0.15) is 25.0 Å². The maximum absolute atomic E-state index is 13.1. The zero-order chi connectivity index (χ0) is 21.5. The predicted molar refractivity (Wildman–Crippen MR) is 101 cm³/mol. The van der Waals surface area contributed by atoms with Gasteiger partial charge in [0.25, 0.3) is 5.91 Å². The van der Waals surface area contributed by atoms with Crippen LogP contribution in [0.5, 0.6) is 5.75 Å². The van der Waals surface area contributed by atoms with Crippen LogP contribution in [0.3, 0.4) is 0 Å². The summed E-state index contributed by atoms with van der Waals surface area (Å²) in [5.74, 6) is -2.40. The number of carbonyl (C=O) groups excluding carboxylic acids is 2. The van der Waals surface area contributed by atoms with E-state index in [2.05, 4.69) is 0 Å². The van der Waals surface area contributed by atoms with Crippen LogP contribution in [-0.2, 0) is 15.8 Å². The van der Waals surface area contributed by atoms with Gasteiger partial charge in [0.15, 0.2) is 5.76 Å². The van der Waals surface area contributed by atoms with E-state index in [-0.39, 0.29) is 22.9 Å². The molecule has 152 valence electrons. The van der Waals surface area contributed by atoms with Gasteiger partial charge in [-0.2, -0.15) is 13.2 Å². The number of hydrogen-bond acceptors (Lipinski definition) is 4. The summed E-state index contributed by atoms with van der Waals surface area (Å²) < 4.78 is 44.8. The summed E-state index contributed by atoms with van der Waals surface area (Å²) in [6.45, 7) is 3.67. The second-order valence-corrected chi connectivity index (χ2v) is 6.93. The van der Waals surface area contributed by atoms with E-state index >= 15 is 0 Å². The van der Waals surface area contributed by atoms with Crippen molar-refractivity contribution in [2.45, 2.75) is 26.1 Å². The Bertz CT molecular complexity index is 1010. The van der Waals surface area contributed by atoms with Crippen molar-refractivity contribution >= 4 is 34.7 Å². The Hall–Kier alpha value is -3.00. The second-order valence-electron chi connectivity index (χ2n) is 6.52. The van der Waals surface area contributed by atoms with Gasteiger partial charge in [-0.15, -0.1) is 0 Å². The number of alkyl halides is 3. The van der Waals surface area contributed by atoms with Gasteiger partial charge in [0.2, 0.25) is 0 Å². The van der Waals surface area contributed by atoms with Gasteiger partial charge in [-0.25, -0.2) is 4.90 Å². The number of ether oxygens (including phenoxy) is 1. The SMILES string of the molecule is CC(C)Oc1ccc(C2=C(O)C(=O)N(c3ccc(Cl)c(C(F)(F)F)c3)C2=O)cc1. The molecule has 0 bridgehead atoms. The van der Waals surface area contributed by atoms with Gasteiger partial charge in [-0.3, -0.25) is 9.59 Å². The van der Waals surface area contributed by atoms with E-state index < -0.39 is 34.3 Å². The Balaban J connectivity index is 1.97. The highest BCUT2D eigenvalue weighted by atomic mass is 35.5. The molecule has 0 aromatic heterocycles. The lowest BCUT2D eigenvalue weighted by Gasteiger charge is -2.17. The van der Waals surface area contributed by atoms with Gasteiger partial charge < -0.3 is 9.84 Å². The maximum atomic E-state index is 13.1. The Labute approximate surface area is 169 Å². The molecule has 5 nitrogen and oxygen atoms in total. The minimum Gasteiger partial charge on any atom is -0.502 e. The van der Waals surface area contributed by atoms with Crippen molar-refractivity contribution < 1.29 is 32.6 Å². The Morgan fingerprint density at radius 3 is 2.21 bits per heavy atom. The van der Waals surface area contributed by atoms with Crippen LogP contribution in [0, 0.1) is 0 Å². The highest BCUT2D eigenvalue weighted by Crippen LogP contribution is 2.39. The molecule has 0 saturated heterocycles. The number of carbonyl (C=O) groups is 2. The van der Waals surface area contributed by atoms with Crippen molar-refractivity contribution in [1.29, 1.82) is 0 Å². The van der Waals surface area contributed by atoms with Crippen molar-refractivity contribution in [1.82, 2.24) is 0 Å². The minimum atomic E-state index is -4.77. The van der Waals surface area contributed by atoms with Gasteiger partial charge in [-0.05, 0) is 49.7 Å². The fourth-order valence-electron chi connectivity index (χ4n) is 2.85. The third-order valence-corrected chi connectivity index (χ3v) is 4.42. The number of nitrogens with zero attached hydrogens (tertiary/aromatic N) is 1. The number of amides is 2. The third kappa shape index (κ3) is 3.93. The molecule has 1 aliphatic rings. The van der Waals surface area contributed by atoms with Crippen LogP contribution in [0.4, 0.5) is 18.9 Å². The lowest BCUT2D eigenvalue weighted by Crippen LogP contribution is -2.31. The van der Waals surface area contributed by atoms with E-state index in [1.54, 1.807) is 12.1 Å². The van der Waals surface area contributed by atoms with Gasteiger partial charge in [0.05, 0.1) is 28.0 Å². The first-order chi connectivity index (χ1) is 13.5. The number of hydrogen-bond donors (Lipinski definition) is 1. The third-order valence-electron chi connectivity index (χ3n) is 4.09. The Morgan fingerprint density at radius 1 is 1.03 bits per heavy atom. The van der Waals surface area contributed by atoms with Gasteiger partial charge >= 0.3 is 12.1 Å². The summed E-state index contributed by atoms with van der Waals surface area (Å²) >= 11 is 5.58. The highest BCUT2D eigenvalue weighted by molar-refractivity contribution is 6.45. The second kappa shape index (κ2) is 7.44. The Morgan fingerprint density at radius 2 is 1.66 bits per heavy atom. The first-order valence-electron chi connectivity index (χ1n) is 8.46. The average Bonchev–Trinajstić information content (AvgIpc) is 2.84. The lowest BCUT2D eigenvalue weighted by molar-refractivity contribution is -0.137. The first kappa shape index (κ1) is 20.7. The molecular weight excluding hydrogens is 411 g/mol. The molecule has 9 heteroatoms. The number of halogens is 4. The monoisotopic (exact) mass is 425 g/mol. The van der Waals surface area contributed by atoms with Crippen molar-refractivity contribution in [2.75, 3.05) is 4.90 Å². The number of imide groups is 1. The molecule has 3 rings (SSSR count). The molecule has 2 aromatic carbocycles. The molecule has 0 spiro atoms. The zero-order valence-electron chi connectivity index (χ0n) is 15.2. The van der Waals surface area contributed by atoms with Crippen LogP contribution in [-0.4, -0.2) is 23.0 Å². The number of benzene rings is 2. The molecule has 0 saturated carbocycles. The summed E-state index contributed by atoms with van der Waals surface area (Å²) in [5.41, 5.74) is -1.63. The first-order valence-corrected chi connectivity index (χ1v) is 8.84. The molecule has 2 aromatic rings. The fraction of sp³-hybridized carbons (Fsp3) is 0.200. The average molecular weight is 426 g/mol. The van der Waals surface area contributed by atoms with E-state index in [1.165, 1.54) is 12.1 Å². The predicted octanol–water partition coefficient (Wildman–Crippen LogP) is 4.99. The van der Waals surface area contributed by atoms with Crippen molar-refractivity contribution in [3.63, 3.8) is 0 Å². The molecule has 0 unspecified atom stereocenters. The van der Waals surface area contributed by atoms with Gasteiger partial charge in [0, 0.05) is 0 Å². The van der Waals surface area contributed by atoms with Crippen LogP contribution in [0.25, 0.3) is 5.57 Å². The minimum absolute atomic E-state index is 0.0774. The lowest BCUT2D eigenvalue weighted by atomic mass is 10.1. The molecule has 1 heterocycles. The van der Waals surface area contributed by atoms with E-state index in [4.69, 9.17) is 16.3 Å². The Kier molecular flexibility index (Phi) is 5.32. The molecule has 29 heavy (non-hydrogen) atoms. The normalized spacial score (nSPS) is 14.9. The van der Waals surface area contributed by atoms with Crippen molar-refractivity contribution in [2.24, 2.45) is 0 Å². The molecule has 1 N–H and O–H groups in total. The van der Waals surface area contributed by atoms with Crippen LogP contribution < -0.4 is 9.64 Å². The maximum Gasteiger partial charge on any atom is 0.417 e. The summed E-state index contributed by atoms with van der Waals surface area (Å²) in [4.78, 5) is 25.7. The zero-order valence-corrected chi connectivity index (χ0v) is 16.0. The fourth-order valence-corrected chi connectivity index (χ4v) is 3.08. The van der Waals surface area contributed by atoms with Crippen LogP contribution in [0.2, 0.25) is 5.02 Å². The van der Waals surface area contributed by atoms with E-state index in [0.717, 1.165) is 12.1 Å². The van der Waals surface area contributed by atoms with E-state index in [9.17, 15) is 27.9 Å². The summed E-state index contributed by atoms with van der Waals surface area (Å²) in [6.07, 6.45) is -4.85. The molecule has 0 atom stereocenters. The molecule has 2 amide bonds. The molecule has 0 fully saturated rings. The van der Waals surface area contributed by atoms with E-state index in [1.807, 2.05) is 13.8 Å². The summed E-state index contributed by atoms with van der Waals surface area (Å²) in [5, 5.41) is 9.63. The molecule has 0 radical (unpaired) electrons. The topological polar surface area (TPSA) is 66.8 Å². The standard InChI is InChI=1S/C20H15ClF3NO4/c1-10(2)29-13-6-3-11(4-7-13)16-17(26)19(28)25(18(16)27)12-5-8-15(21)14(9-12)20(22,23)24/h3-10,26H,1-2H3. The summed E-state index contributed by atoms with van der Waals surface area (Å²) in [6, 6.07) is 8.69. The van der Waals surface area contributed by atoms with Gasteiger partial charge in [0.1, 0.15) is 5.75 Å². The van der Waals surface area contributed by atoms with Crippen molar-refractivity contribution in [3.8, 4) is 5.75 Å². The molecule has 0 aliphatic carbocycles. The number of anilines is 1. The van der Waals surface area contributed by atoms with Crippen molar-refractivity contribution in [3.05, 3.63) is 64.4 Å². The molecular formula is C20H15ClF3NO4. The van der Waals surface area contributed by atoms with Crippen LogP contribution >= 0.6 is 11.6 Å². The highest BCUT2D eigenvalue weighted by Gasteiger charge is 2.42. The quantitative estimate of drug-likeness (QED) is 0.701. The van der Waals surface area contributed by atoms with Crippen LogP contribution in [0.15, 0.2) is 48.2 Å². The largest absolute Gasteiger partial charge is 0.502 e.